The SMILES string of the molecule is COc1ccc(OC)c([C@@H]2CCCN2C(=O)c2ccc[nH]c2=O)c1. The number of likely N-dealkylation sites (tertiary alicyclic amines) is 1. The van der Waals surface area contributed by atoms with Gasteiger partial charge >= 0.3 is 0 Å². The van der Waals surface area contributed by atoms with Crippen LogP contribution in [0.3, 0.4) is 0 Å². The molecule has 1 amide bonds. The average Bonchev–Trinajstić information content (AvgIpc) is 3.10. The predicted octanol–water partition coefficient (Wildman–Crippen LogP) is 2.37. The molecule has 0 spiro atoms. The topological polar surface area (TPSA) is 71.6 Å². The molecule has 0 aliphatic carbocycles. The third kappa shape index (κ3) is 2.87. The molecule has 0 radical (unpaired) electrons. The molecule has 0 saturated carbocycles. The summed E-state index contributed by atoms with van der Waals surface area (Å²) in [5.41, 5.74) is 0.687. The summed E-state index contributed by atoms with van der Waals surface area (Å²) in [5, 5.41) is 0. The van der Waals surface area contributed by atoms with Gasteiger partial charge in [0.25, 0.3) is 11.5 Å². The lowest BCUT2D eigenvalue weighted by molar-refractivity contribution is 0.0732. The van der Waals surface area contributed by atoms with E-state index < -0.39 is 0 Å². The molecule has 1 aromatic heterocycles. The highest BCUT2D eigenvalue weighted by Crippen LogP contribution is 2.39. The Morgan fingerprint density at radius 1 is 1.25 bits per heavy atom. The van der Waals surface area contributed by atoms with Crippen LogP contribution in [-0.4, -0.2) is 36.6 Å². The van der Waals surface area contributed by atoms with Crippen LogP contribution >= 0.6 is 0 Å². The van der Waals surface area contributed by atoms with E-state index in [1.165, 1.54) is 6.20 Å². The van der Waals surface area contributed by atoms with Gasteiger partial charge in [-0.2, -0.15) is 0 Å². The first kappa shape index (κ1) is 16.1. The van der Waals surface area contributed by atoms with Gasteiger partial charge in [-0.15, -0.1) is 0 Å². The van der Waals surface area contributed by atoms with Crippen LogP contribution in [0.1, 0.15) is 34.8 Å². The lowest BCUT2D eigenvalue weighted by atomic mass is 10.0. The highest BCUT2D eigenvalue weighted by atomic mass is 16.5. The van der Waals surface area contributed by atoms with Crippen molar-refractivity contribution in [1.82, 2.24) is 9.88 Å². The Labute approximate surface area is 140 Å². The molecule has 6 nitrogen and oxygen atoms in total. The van der Waals surface area contributed by atoms with Gasteiger partial charge in [-0.05, 0) is 43.2 Å². The molecule has 0 bridgehead atoms. The number of amides is 1. The molecule has 1 saturated heterocycles. The Balaban J connectivity index is 1.98. The second kappa shape index (κ2) is 6.78. The molecule has 126 valence electrons. The molecule has 6 heteroatoms. The number of benzene rings is 1. The average molecular weight is 328 g/mol. The van der Waals surface area contributed by atoms with E-state index in [2.05, 4.69) is 4.98 Å². The first-order chi connectivity index (χ1) is 11.7. The quantitative estimate of drug-likeness (QED) is 0.935. The van der Waals surface area contributed by atoms with Crippen molar-refractivity contribution < 1.29 is 14.3 Å². The van der Waals surface area contributed by atoms with Crippen LogP contribution in [0.15, 0.2) is 41.3 Å². The van der Waals surface area contributed by atoms with Crippen LogP contribution in [0.5, 0.6) is 11.5 Å². The van der Waals surface area contributed by atoms with E-state index in [-0.39, 0.29) is 23.1 Å². The molecule has 1 aromatic carbocycles. The molecule has 1 aliphatic rings. The Hall–Kier alpha value is -2.76. The molecule has 2 aromatic rings. The monoisotopic (exact) mass is 328 g/mol. The number of aromatic amines is 1. The molecule has 1 atom stereocenters. The van der Waals surface area contributed by atoms with Gasteiger partial charge in [0.2, 0.25) is 0 Å². The number of hydrogen-bond donors (Lipinski definition) is 1. The van der Waals surface area contributed by atoms with Crippen LogP contribution < -0.4 is 15.0 Å². The third-order valence-corrected chi connectivity index (χ3v) is 4.36. The summed E-state index contributed by atoms with van der Waals surface area (Å²) in [5.74, 6) is 1.16. The number of ether oxygens (including phenoxy) is 2. The van der Waals surface area contributed by atoms with Gasteiger partial charge in [0.1, 0.15) is 17.1 Å². The number of H-pyrrole nitrogens is 1. The Kier molecular flexibility index (Phi) is 4.55. The zero-order valence-electron chi connectivity index (χ0n) is 13.7. The minimum absolute atomic E-state index is 0.137. The molecule has 0 unspecified atom stereocenters. The maximum absolute atomic E-state index is 12.8. The molecular weight excluding hydrogens is 308 g/mol. The zero-order valence-corrected chi connectivity index (χ0v) is 13.7. The van der Waals surface area contributed by atoms with Gasteiger partial charge in [-0.1, -0.05) is 0 Å². The summed E-state index contributed by atoms with van der Waals surface area (Å²) in [7, 11) is 3.21. The number of carbonyl (C=O) groups is 1. The minimum atomic E-state index is -0.370. The Bertz CT molecular complexity index is 800. The number of carbonyl (C=O) groups excluding carboxylic acids is 1. The normalized spacial score (nSPS) is 16.9. The van der Waals surface area contributed by atoms with E-state index >= 15 is 0 Å². The maximum atomic E-state index is 12.8. The summed E-state index contributed by atoms with van der Waals surface area (Å²) >= 11 is 0. The van der Waals surface area contributed by atoms with Crippen LogP contribution in [0.2, 0.25) is 0 Å². The Morgan fingerprint density at radius 2 is 2.08 bits per heavy atom. The van der Waals surface area contributed by atoms with Gasteiger partial charge in [-0.25, -0.2) is 0 Å². The predicted molar refractivity (Wildman–Crippen MR) is 89.6 cm³/mol. The van der Waals surface area contributed by atoms with E-state index in [1.807, 2.05) is 18.2 Å². The third-order valence-electron chi connectivity index (χ3n) is 4.36. The highest BCUT2D eigenvalue weighted by molar-refractivity contribution is 5.94. The summed E-state index contributed by atoms with van der Waals surface area (Å²) < 4.78 is 10.8. The lowest BCUT2D eigenvalue weighted by Gasteiger charge is -2.26. The van der Waals surface area contributed by atoms with Gasteiger partial charge in [0, 0.05) is 18.3 Å². The number of pyridine rings is 1. The molecular formula is C18H20N2O4. The van der Waals surface area contributed by atoms with Crippen molar-refractivity contribution in [3.05, 3.63) is 58.0 Å². The van der Waals surface area contributed by atoms with Crippen molar-refractivity contribution in [3.63, 3.8) is 0 Å². The molecule has 3 rings (SSSR count). The number of hydrogen-bond acceptors (Lipinski definition) is 4. The first-order valence-electron chi connectivity index (χ1n) is 7.86. The molecule has 2 heterocycles. The molecule has 1 fully saturated rings. The number of nitrogens with zero attached hydrogens (tertiary/aromatic N) is 1. The maximum Gasteiger partial charge on any atom is 0.260 e. The largest absolute Gasteiger partial charge is 0.497 e. The van der Waals surface area contributed by atoms with Gasteiger partial charge in [-0.3, -0.25) is 9.59 Å². The Morgan fingerprint density at radius 3 is 2.79 bits per heavy atom. The summed E-state index contributed by atoms with van der Waals surface area (Å²) in [4.78, 5) is 29.1. The van der Waals surface area contributed by atoms with Crippen molar-refractivity contribution in [3.8, 4) is 11.5 Å². The van der Waals surface area contributed by atoms with Crippen molar-refractivity contribution in [2.24, 2.45) is 0 Å². The van der Waals surface area contributed by atoms with Crippen molar-refractivity contribution in [1.29, 1.82) is 0 Å². The standard InChI is InChI=1S/C18H20N2O4/c1-23-12-7-8-16(24-2)14(11-12)15-6-4-10-20(15)18(22)13-5-3-9-19-17(13)21/h3,5,7-9,11,15H,4,6,10H2,1-2H3,(H,19,21)/t15-/m0/s1. The number of aromatic nitrogens is 1. The number of nitrogens with one attached hydrogen (secondary N) is 1. The zero-order chi connectivity index (χ0) is 17.1. The van der Waals surface area contributed by atoms with Crippen LogP contribution in [0.4, 0.5) is 0 Å². The summed E-state index contributed by atoms with van der Waals surface area (Å²) in [6, 6.07) is 8.63. The lowest BCUT2D eigenvalue weighted by Crippen LogP contribution is -2.34. The van der Waals surface area contributed by atoms with E-state index in [4.69, 9.17) is 9.47 Å². The smallest absolute Gasteiger partial charge is 0.260 e. The van der Waals surface area contributed by atoms with Gasteiger partial charge in [0.15, 0.2) is 0 Å². The van der Waals surface area contributed by atoms with Crippen molar-refractivity contribution in [2.75, 3.05) is 20.8 Å². The van der Waals surface area contributed by atoms with E-state index in [0.29, 0.717) is 18.0 Å². The van der Waals surface area contributed by atoms with Crippen molar-refractivity contribution >= 4 is 5.91 Å². The van der Waals surface area contributed by atoms with E-state index in [9.17, 15) is 9.59 Å². The molecule has 1 aliphatic heterocycles. The van der Waals surface area contributed by atoms with Crippen LogP contribution in [0, 0.1) is 0 Å². The highest BCUT2D eigenvalue weighted by Gasteiger charge is 2.33. The van der Waals surface area contributed by atoms with Crippen LogP contribution in [0.25, 0.3) is 0 Å². The first-order valence-corrected chi connectivity index (χ1v) is 7.86. The minimum Gasteiger partial charge on any atom is -0.497 e. The second-order valence-electron chi connectivity index (χ2n) is 5.68. The summed E-state index contributed by atoms with van der Waals surface area (Å²) in [6.45, 7) is 0.609. The van der Waals surface area contributed by atoms with Gasteiger partial charge < -0.3 is 19.4 Å². The fraction of sp³-hybridized carbons (Fsp3) is 0.333. The number of methoxy groups -OCH3 is 2. The fourth-order valence-corrected chi connectivity index (χ4v) is 3.18. The van der Waals surface area contributed by atoms with E-state index in [1.54, 1.807) is 31.3 Å². The fourth-order valence-electron chi connectivity index (χ4n) is 3.18. The molecule has 1 N–H and O–H groups in total. The number of rotatable bonds is 4. The molecule has 24 heavy (non-hydrogen) atoms. The van der Waals surface area contributed by atoms with Gasteiger partial charge in [0.05, 0.1) is 20.3 Å². The van der Waals surface area contributed by atoms with Crippen molar-refractivity contribution in [2.45, 2.75) is 18.9 Å². The van der Waals surface area contributed by atoms with Crippen LogP contribution in [-0.2, 0) is 0 Å². The second-order valence-corrected chi connectivity index (χ2v) is 5.68. The summed E-state index contributed by atoms with van der Waals surface area (Å²) in [6.07, 6.45) is 3.22. The van der Waals surface area contributed by atoms with E-state index in [0.717, 1.165) is 18.4 Å².